The largest absolute Gasteiger partial charge is 0.481 e. The van der Waals surface area contributed by atoms with Gasteiger partial charge >= 0.3 is 5.97 Å². The van der Waals surface area contributed by atoms with E-state index in [9.17, 15) is 4.79 Å². The smallest absolute Gasteiger partial charge is 0.343 e. The normalized spacial score (nSPS) is 10.3. The maximum Gasteiger partial charge on any atom is 0.343 e. The van der Waals surface area contributed by atoms with Crippen molar-refractivity contribution in [2.75, 3.05) is 13.7 Å². The minimum absolute atomic E-state index is 0.106. The molecule has 0 atom stereocenters. The highest BCUT2D eigenvalue weighted by Crippen LogP contribution is 2.34. The Bertz CT molecular complexity index is 570. The van der Waals surface area contributed by atoms with E-state index in [0.29, 0.717) is 5.75 Å². The Labute approximate surface area is 111 Å². The molecule has 1 heterocycles. The second kappa shape index (κ2) is 5.61. The zero-order valence-electron chi connectivity index (χ0n) is 11.2. The summed E-state index contributed by atoms with van der Waals surface area (Å²) in [5.74, 6) is 0.274. The standard InChI is InChI=1S/C15H16O4/c1-10-6-11(2)15(19-9-14(16)17-3)13(7-10)12-4-5-18-8-12/h4-8H,9H2,1-3H3. The van der Waals surface area contributed by atoms with Crippen molar-refractivity contribution in [3.05, 3.63) is 41.9 Å². The molecule has 4 heteroatoms. The van der Waals surface area contributed by atoms with E-state index in [-0.39, 0.29) is 6.61 Å². The molecule has 0 radical (unpaired) electrons. The van der Waals surface area contributed by atoms with E-state index in [4.69, 9.17) is 9.15 Å². The first-order valence-corrected chi connectivity index (χ1v) is 5.95. The molecule has 0 spiro atoms. The van der Waals surface area contributed by atoms with Crippen LogP contribution in [0.5, 0.6) is 5.75 Å². The first-order chi connectivity index (χ1) is 9.11. The molecule has 0 saturated heterocycles. The summed E-state index contributed by atoms with van der Waals surface area (Å²) in [6.45, 7) is 3.86. The Kier molecular flexibility index (Phi) is 3.90. The number of hydrogen-bond acceptors (Lipinski definition) is 4. The van der Waals surface area contributed by atoms with Crippen molar-refractivity contribution >= 4 is 5.97 Å². The zero-order chi connectivity index (χ0) is 13.8. The fourth-order valence-corrected chi connectivity index (χ4v) is 1.97. The van der Waals surface area contributed by atoms with Crippen molar-refractivity contribution < 1.29 is 18.7 Å². The second-order valence-electron chi connectivity index (χ2n) is 4.34. The molecule has 2 aromatic rings. The molecule has 4 nitrogen and oxygen atoms in total. The number of hydrogen-bond donors (Lipinski definition) is 0. The summed E-state index contributed by atoms with van der Waals surface area (Å²) in [5.41, 5.74) is 3.93. The van der Waals surface area contributed by atoms with Crippen LogP contribution in [0, 0.1) is 13.8 Å². The number of furan rings is 1. The number of carbonyl (C=O) groups excluding carboxylic acids is 1. The van der Waals surface area contributed by atoms with E-state index in [1.807, 2.05) is 32.0 Å². The summed E-state index contributed by atoms with van der Waals surface area (Å²) < 4.78 is 15.3. The maximum atomic E-state index is 11.2. The third-order valence-electron chi connectivity index (χ3n) is 2.81. The molecule has 100 valence electrons. The summed E-state index contributed by atoms with van der Waals surface area (Å²) in [6.07, 6.45) is 3.26. The summed E-state index contributed by atoms with van der Waals surface area (Å²) in [6, 6.07) is 5.87. The van der Waals surface area contributed by atoms with Gasteiger partial charge in [0.15, 0.2) is 6.61 Å². The van der Waals surface area contributed by atoms with Gasteiger partial charge in [-0.15, -0.1) is 0 Å². The highest BCUT2D eigenvalue weighted by Gasteiger charge is 2.13. The average molecular weight is 260 g/mol. The van der Waals surface area contributed by atoms with Crippen LogP contribution in [-0.2, 0) is 9.53 Å². The lowest BCUT2D eigenvalue weighted by Crippen LogP contribution is -2.13. The third-order valence-corrected chi connectivity index (χ3v) is 2.81. The van der Waals surface area contributed by atoms with Crippen molar-refractivity contribution in [1.29, 1.82) is 0 Å². The van der Waals surface area contributed by atoms with E-state index >= 15 is 0 Å². The summed E-state index contributed by atoms with van der Waals surface area (Å²) in [7, 11) is 1.34. The molecule has 0 N–H and O–H groups in total. The lowest BCUT2D eigenvalue weighted by Gasteiger charge is -2.13. The molecule has 0 saturated carbocycles. The molecule has 0 aliphatic heterocycles. The van der Waals surface area contributed by atoms with Crippen LogP contribution in [0.3, 0.4) is 0 Å². The van der Waals surface area contributed by atoms with E-state index in [0.717, 1.165) is 22.3 Å². The fourth-order valence-electron chi connectivity index (χ4n) is 1.97. The Morgan fingerprint density at radius 1 is 1.32 bits per heavy atom. The van der Waals surface area contributed by atoms with Crippen LogP contribution in [0.15, 0.2) is 35.1 Å². The summed E-state index contributed by atoms with van der Waals surface area (Å²) in [5, 5.41) is 0. The van der Waals surface area contributed by atoms with Gasteiger partial charge in [-0.3, -0.25) is 0 Å². The van der Waals surface area contributed by atoms with Crippen molar-refractivity contribution in [1.82, 2.24) is 0 Å². The Morgan fingerprint density at radius 2 is 2.11 bits per heavy atom. The van der Waals surface area contributed by atoms with Crippen LogP contribution in [0.4, 0.5) is 0 Å². The molecular formula is C15H16O4. The molecule has 0 aliphatic rings. The zero-order valence-corrected chi connectivity index (χ0v) is 11.2. The number of methoxy groups -OCH3 is 1. The highest BCUT2D eigenvalue weighted by atomic mass is 16.6. The van der Waals surface area contributed by atoms with Gasteiger partial charge in [0.05, 0.1) is 19.6 Å². The quantitative estimate of drug-likeness (QED) is 0.792. The summed E-state index contributed by atoms with van der Waals surface area (Å²) >= 11 is 0. The second-order valence-corrected chi connectivity index (χ2v) is 4.34. The topological polar surface area (TPSA) is 48.7 Å². The molecule has 1 aromatic heterocycles. The predicted molar refractivity (Wildman–Crippen MR) is 71.1 cm³/mol. The SMILES string of the molecule is COC(=O)COc1c(C)cc(C)cc1-c1ccoc1. The van der Waals surface area contributed by atoms with Crippen LogP contribution in [0.2, 0.25) is 0 Å². The first kappa shape index (κ1) is 13.2. The van der Waals surface area contributed by atoms with Gasteiger partial charge in [0.1, 0.15) is 5.75 Å². The van der Waals surface area contributed by atoms with Gasteiger partial charge in [0, 0.05) is 11.1 Å². The van der Waals surface area contributed by atoms with Gasteiger partial charge in [-0.05, 0) is 37.1 Å². The molecular weight excluding hydrogens is 244 g/mol. The highest BCUT2D eigenvalue weighted by molar-refractivity contribution is 5.74. The molecule has 2 rings (SSSR count). The number of aryl methyl sites for hydroxylation is 2. The predicted octanol–water partition coefficient (Wildman–Crippen LogP) is 3.12. The average Bonchev–Trinajstić information content (AvgIpc) is 2.90. The van der Waals surface area contributed by atoms with Crippen molar-refractivity contribution in [2.24, 2.45) is 0 Å². The van der Waals surface area contributed by atoms with E-state index in [1.165, 1.54) is 7.11 Å². The van der Waals surface area contributed by atoms with Crippen molar-refractivity contribution in [3.8, 4) is 16.9 Å². The lowest BCUT2D eigenvalue weighted by molar-refractivity contribution is -0.142. The van der Waals surface area contributed by atoms with Crippen LogP contribution in [0.1, 0.15) is 11.1 Å². The molecule has 1 aromatic carbocycles. The van der Waals surface area contributed by atoms with Gasteiger partial charge in [-0.1, -0.05) is 6.07 Å². The van der Waals surface area contributed by atoms with Crippen LogP contribution >= 0.6 is 0 Å². The van der Waals surface area contributed by atoms with Crippen LogP contribution in [-0.4, -0.2) is 19.7 Å². The monoisotopic (exact) mass is 260 g/mol. The van der Waals surface area contributed by atoms with Gasteiger partial charge in [-0.2, -0.15) is 0 Å². The van der Waals surface area contributed by atoms with Crippen molar-refractivity contribution in [3.63, 3.8) is 0 Å². The first-order valence-electron chi connectivity index (χ1n) is 5.95. The van der Waals surface area contributed by atoms with Crippen LogP contribution in [0.25, 0.3) is 11.1 Å². The van der Waals surface area contributed by atoms with Gasteiger partial charge < -0.3 is 13.9 Å². The number of carbonyl (C=O) groups is 1. The molecule has 0 aliphatic carbocycles. The Hall–Kier alpha value is -2.23. The number of ether oxygens (including phenoxy) is 2. The van der Waals surface area contributed by atoms with Gasteiger partial charge in [0.2, 0.25) is 0 Å². The minimum Gasteiger partial charge on any atom is -0.481 e. The Morgan fingerprint density at radius 3 is 2.74 bits per heavy atom. The van der Waals surface area contributed by atoms with Crippen molar-refractivity contribution in [2.45, 2.75) is 13.8 Å². The van der Waals surface area contributed by atoms with Gasteiger partial charge in [-0.25, -0.2) is 4.79 Å². The Balaban J connectivity index is 2.38. The molecule has 0 bridgehead atoms. The van der Waals surface area contributed by atoms with E-state index < -0.39 is 5.97 Å². The van der Waals surface area contributed by atoms with Gasteiger partial charge in [0.25, 0.3) is 0 Å². The molecule has 0 unspecified atom stereocenters. The number of benzene rings is 1. The molecule has 0 fully saturated rings. The maximum absolute atomic E-state index is 11.2. The molecule has 0 amide bonds. The fraction of sp³-hybridized carbons (Fsp3) is 0.267. The third kappa shape index (κ3) is 2.96. The summed E-state index contributed by atoms with van der Waals surface area (Å²) in [4.78, 5) is 11.2. The molecule has 19 heavy (non-hydrogen) atoms. The van der Waals surface area contributed by atoms with E-state index in [1.54, 1.807) is 12.5 Å². The lowest BCUT2D eigenvalue weighted by atomic mass is 10.0. The van der Waals surface area contributed by atoms with Crippen LogP contribution < -0.4 is 4.74 Å². The minimum atomic E-state index is -0.405. The van der Waals surface area contributed by atoms with E-state index in [2.05, 4.69) is 4.74 Å². The number of esters is 1. The number of rotatable bonds is 4.